The minimum Gasteiger partial charge on any atom is -0.371 e. The maximum absolute atomic E-state index is 6.19. The Morgan fingerprint density at radius 1 is 1.36 bits per heavy atom. The van der Waals surface area contributed by atoms with Crippen LogP contribution in [0.1, 0.15) is 24.7 Å². The lowest BCUT2D eigenvalue weighted by molar-refractivity contribution is 0.561. The Bertz CT molecular complexity index is 802. The number of nitrogens with zero attached hydrogens (tertiary/aromatic N) is 5. The van der Waals surface area contributed by atoms with Crippen LogP contribution in [0.4, 0.5) is 5.69 Å². The summed E-state index contributed by atoms with van der Waals surface area (Å²) in [5.41, 5.74) is 2.52. The zero-order valence-corrected chi connectivity index (χ0v) is 17.7. The zero-order valence-electron chi connectivity index (χ0n) is 17.0. The lowest BCUT2D eigenvalue weighted by Gasteiger charge is -2.21. The fourth-order valence-electron chi connectivity index (χ4n) is 3.64. The standard InChI is InChI=1S/C20H30ClN7/c1-4-19-26-25-14-28(19)10-8-23-20(22-3)24-12-16-7-9-27(13-16)18-11-17(21)6-5-15(18)2/h5-6,11,14,16H,4,7-10,12-13H2,1-3H3,(H2,22,23,24). The summed E-state index contributed by atoms with van der Waals surface area (Å²) < 4.78 is 2.07. The first-order valence-electron chi connectivity index (χ1n) is 9.93. The van der Waals surface area contributed by atoms with Crippen LogP contribution in [0.15, 0.2) is 29.5 Å². The predicted octanol–water partition coefficient (Wildman–Crippen LogP) is 2.49. The summed E-state index contributed by atoms with van der Waals surface area (Å²) in [5.74, 6) is 2.43. The van der Waals surface area contributed by atoms with E-state index in [2.05, 4.69) is 61.3 Å². The highest BCUT2D eigenvalue weighted by atomic mass is 35.5. The fourth-order valence-corrected chi connectivity index (χ4v) is 3.80. The van der Waals surface area contributed by atoms with Gasteiger partial charge in [-0.1, -0.05) is 24.6 Å². The van der Waals surface area contributed by atoms with E-state index < -0.39 is 0 Å². The third-order valence-corrected chi connectivity index (χ3v) is 5.47. The molecular weight excluding hydrogens is 374 g/mol. The smallest absolute Gasteiger partial charge is 0.191 e. The Morgan fingerprint density at radius 3 is 3.00 bits per heavy atom. The molecule has 2 heterocycles. The first-order chi connectivity index (χ1) is 13.6. The molecule has 1 unspecified atom stereocenters. The molecule has 1 aromatic heterocycles. The number of hydrogen-bond donors (Lipinski definition) is 2. The van der Waals surface area contributed by atoms with Gasteiger partial charge in [0.05, 0.1) is 0 Å². The lowest BCUT2D eigenvalue weighted by atomic mass is 10.1. The highest BCUT2D eigenvalue weighted by Gasteiger charge is 2.24. The van der Waals surface area contributed by atoms with E-state index in [1.807, 2.05) is 13.1 Å². The Labute approximate surface area is 172 Å². The van der Waals surface area contributed by atoms with Gasteiger partial charge in [0.1, 0.15) is 12.2 Å². The van der Waals surface area contributed by atoms with Crippen LogP contribution >= 0.6 is 11.6 Å². The molecule has 2 N–H and O–H groups in total. The Balaban J connectivity index is 1.43. The first-order valence-corrected chi connectivity index (χ1v) is 10.3. The van der Waals surface area contributed by atoms with Crippen LogP contribution in [0.2, 0.25) is 5.02 Å². The van der Waals surface area contributed by atoms with Crippen LogP contribution in [0.3, 0.4) is 0 Å². The molecule has 8 heteroatoms. The normalized spacial score (nSPS) is 17.2. The molecule has 0 aliphatic carbocycles. The van der Waals surface area contributed by atoms with E-state index in [-0.39, 0.29) is 0 Å². The number of halogens is 1. The maximum atomic E-state index is 6.19. The second-order valence-corrected chi connectivity index (χ2v) is 7.64. The lowest BCUT2D eigenvalue weighted by Crippen LogP contribution is -2.41. The van der Waals surface area contributed by atoms with E-state index >= 15 is 0 Å². The third kappa shape index (κ3) is 5.16. The molecule has 1 atom stereocenters. The Hall–Kier alpha value is -2.28. The van der Waals surface area contributed by atoms with Crippen LogP contribution in [-0.4, -0.2) is 54.0 Å². The van der Waals surface area contributed by atoms with E-state index in [1.54, 1.807) is 6.33 Å². The number of rotatable bonds is 7. The van der Waals surface area contributed by atoms with Crippen molar-refractivity contribution in [2.24, 2.45) is 10.9 Å². The van der Waals surface area contributed by atoms with Gasteiger partial charge in [-0.2, -0.15) is 0 Å². The minimum absolute atomic E-state index is 0.585. The number of aryl methyl sites for hydroxylation is 2. The van der Waals surface area contributed by atoms with Crippen molar-refractivity contribution in [3.8, 4) is 0 Å². The molecule has 0 bridgehead atoms. The van der Waals surface area contributed by atoms with Crippen molar-refractivity contribution >= 4 is 23.2 Å². The van der Waals surface area contributed by atoms with Gasteiger partial charge in [0.2, 0.25) is 0 Å². The second kappa shape index (κ2) is 9.78. The van der Waals surface area contributed by atoms with Gasteiger partial charge in [-0.25, -0.2) is 0 Å². The molecule has 3 rings (SSSR count). The van der Waals surface area contributed by atoms with Crippen LogP contribution in [0, 0.1) is 12.8 Å². The van der Waals surface area contributed by atoms with Crippen LogP contribution in [0.5, 0.6) is 0 Å². The Morgan fingerprint density at radius 2 is 2.21 bits per heavy atom. The summed E-state index contributed by atoms with van der Waals surface area (Å²) in [7, 11) is 1.81. The number of guanidine groups is 1. The van der Waals surface area contributed by atoms with Gasteiger partial charge < -0.3 is 20.1 Å². The number of aliphatic imine (C=N–C) groups is 1. The van der Waals surface area contributed by atoms with Gasteiger partial charge >= 0.3 is 0 Å². The van der Waals surface area contributed by atoms with Crippen molar-refractivity contribution in [3.63, 3.8) is 0 Å². The van der Waals surface area contributed by atoms with Gasteiger partial charge in [-0.05, 0) is 37.0 Å². The maximum Gasteiger partial charge on any atom is 0.191 e. The van der Waals surface area contributed by atoms with Gasteiger partial charge in [-0.15, -0.1) is 10.2 Å². The highest BCUT2D eigenvalue weighted by molar-refractivity contribution is 6.30. The highest BCUT2D eigenvalue weighted by Crippen LogP contribution is 2.29. The average Bonchev–Trinajstić information content (AvgIpc) is 3.35. The van der Waals surface area contributed by atoms with Gasteiger partial charge in [0, 0.05) is 56.9 Å². The molecule has 1 aliphatic heterocycles. The quantitative estimate of drug-likeness (QED) is 0.549. The molecule has 1 saturated heterocycles. The molecule has 0 radical (unpaired) electrons. The SMILES string of the molecule is CCc1nncn1CCNC(=NC)NCC1CCN(c2cc(Cl)ccc2C)C1. The molecule has 1 aromatic carbocycles. The van der Waals surface area contributed by atoms with Gasteiger partial charge in [-0.3, -0.25) is 4.99 Å². The van der Waals surface area contributed by atoms with Crippen molar-refractivity contribution in [2.75, 3.05) is 38.1 Å². The molecule has 0 spiro atoms. The summed E-state index contributed by atoms with van der Waals surface area (Å²) in [6.07, 6.45) is 3.83. The van der Waals surface area contributed by atoms with Crippen LogP contribution in [0.25, 0.3) is 0 Å². The van der Waals surface area contributed by atoms with Crippen molar-refractivity contribution in [2.45, 2.75) is 33.2 Å². The molecule has 2 aromatic rings. The van der Waals surface area contributed by atoms with E-state index in [0.29, 0.717) is 5.92 Å². The number of nitrogens with one attached hydrogen (secondary N) is 2. The molecule has 7 nitrogen and oxygen atoms in total. The topological polar surface area (TPSA) is 70.4 Å². The fraction of sp³-hybridized carbons (Fsp3) is 0.550. The number of benzene rings is 1. The number of anilines is 1. The Kier molecular flexibility index (Phi) is 7.14. The summed E-state index contributed by atoms with van der Waals surface area (Å²) >= 11 is 6.19. The second-order valence-electron chi connectivity index (χ2n) is 7.21. The number of aromatic nitrogens is 3. The predicted molar refractivity (Wildman–Crippen MR) is 115 cm³/mol. The average molecular weight is 404 g/mol. The van der Waals surface area contributed by atoms with Crippen molar-refractivity contribution in [3.05, 3.63) is 40.9 Å². The van der Waals surface area contributed by atoms with Gasteiger partial charge in [0.25, 0.3) is 0 Å². The van der Waals surface area contributed by atoms with E-state index in [4.69, 9.17) is 11.6 Å². The molecule has 1 fully saturated rings. The third-order valence-electron chi connectivity index (χ3n) is 5.24. The van der Waals surface area contributed by atoms with E-state index in [9.17, 15) is 0 Å². The largest absolute Gasteiger partial charge is 0.371 e. The molecule has 28 heavy (non-hydrogen) atoms. The monoisotopic (exact) mass is 403 g/mol. The van der Waals surface area contributed by atoms with Crippen molar-refractivity contribution in [1.29, 1.82) is 0 Å². The molecule has 152 valence electrons. The molecule has 1 aliphatic rings. The molecular formula is C20H30ClN7. The van der Waals surface area contributed by atoms with Crippen molar-refractivity contribution < 1.29 is 0 Å². The summed E-state index contributed by atoms with van der Waals surface area (Å²) in [6, 6.07) is 6.12. The van der Waals surface area contributed by atoms with Gasteiger partial charge in [0.15, 0.2) is 5.96 Å². The zero-order chi connectivity index (χ0) is 19.9. The summed E-state index contributed by atoms with van der Waals surface area (Å²) in [5, 5.41) is 15.7. The summed E-state index contributed by atoms with van der Waals surface area (Å²) in [4.78, 5) is 6.77. The number of hydrogen-bond acceptors (Lipinski definition) is 4. The first kappa shape index (κ1) is 20.5. The van der Waals surface area contributed by atoms with E-state index in [0.717, 1.165) is 62.4 Å². The van der Waals surface area contributed by atoms with Crippen molar-refractivity contribution in [1.82, 2.24) is 25.4 Å². The molecule has 0 saturated carbocycles. The molecule has 0 amide bonds. The van der Waals surface area contributed by atoms with E-state index in [1.165, 1.54) is 11.3 Å². The van der Waals surface area contributed by atoms with Crippen LogP contribution < -0.4 is 15.5 Å². The minimum atomic E-state index is 0.585. The van der Waals surface area contributed by atoms with Crippen LogP contribution in [-0.2, 0) is 13.0 Å². The summed E-state index contributed by atoms with van der Waals surface area (Å²) in [6.45, 7) is 8.83.